The molecule has 3 heterocycles. The number of tetrazole rings is 1. The Morgan fingerprint density at radius 1 is 1.42 bits per heavy atom. The second kappa shape index (κ2) is 6.74. The number of ketones is 1. The van der Waals surface area contributed by atoms with Crippen molar-refractivity contribution in [3.63, 3.8) is 0 Å². The number of ether oxygens (including phenoxy) is 1. The average molecular weight is 343 g/mol. The fraction of sp³-hybridized carbons (Fsp3) is 0.375. The summed E-state index contributed by atoms with van der Waals surface area (Å²) in [5.41, 5.74) is 1.67. The number of fused-ring (bicyclic) bond motifs is 1. The fourth-order valence-corrected chi connectivity index (χ4v) is 3.68. The minimum absolute atomic E-state index is 0.0594. The summed E-state index contributed by atoms with van der Waals surface area (Å²) >= 11 is 1.36. The van der Waals surface area contributed by atoms with Crippen LogP contribution >= 0.6 is 11.8 Å². The standard InChI is InChI=1S/C16H17N5O2S/c22-15(13-8-17-14-6-2-1-5-12(13)14)10-24-16-18-19-20-21(16)9-11-4-3-7-23-11/h1-2,5-6,8,11,17H,3-4,7,9-10H2. The van der Waals surface area contributed by atoms with Crippen molar-refractivity contribution in [2.75, 3.05) is 12.4 Å². The highest BCUT2D eigenvalue weighted by molar-refractivity contribution is 7.99. The molecule has 0 amide bonds. The van der Waals surface area contributed by atoms with E-state index < -0.39 is 0 Å². The molecule has 1 atom stereocenters. The lowest BCUT2D eigenvalue weighted by atomic mass is 10.1. The first-order valence-electron chi connectivity index (χ1n) is 7.91. The first kappa shape index (κ1) is 15.3. The molecule has 7 nitrogen and oxygen atoms in total. The molecule has 1 aliphatic rings. The Bertz CT molecular complexity index is 853. The Balaban J connectivity index is 1.43. The first-order chi connectivity index (χ1) is 11.8. The zero-order valence-electron chi connectivity index (χ0n) is 13.0. The molecule has 0 bridgehead atoms. The number of nitrogens with one attached hydrogen (secondary N) is 1. The van der Waals surface area contributed by atoms with E-state index in [2.05, 4.69) is 20.5 Å². The van der Waals surface area contributed by atoms with Crippen LogP contribution in [0.2, 0.25) is 0 Å². The van der Waals surface area contributed by atoms with Crippen LogP contribution < -0.4 is 0 Å². The Labute approximate surface area is 142 Å². The lowest BCUT2D eigenvalue weighted by molar-refractivity contribution is 0.0912. The number of hydrogen-bond acceptors (Lipinski definition) is 6. The Kier molecular flexibility index (Phi) is 4.31. The predicted molar refractivity (Wildman–Crippen MR) is 90.1 cm³/mol. The lowest BCUT2D eigenvalue weighted by Gasteiger charge is -2.09. The van der Waals surface area contributed by atoms with Gasteiger partial charge in [0.25, 0.3) is 0 Å². The summed E-state index contributed by atoms with van der Waals surface area (Å²) in [5, 5.41) is 13.4. The normalized spacial score (nSPS) is 17.6. The van der Waals surface area contributed by atoms with Crippen molar-refractivity contribution in [2.45, 2.75) is 30.6 Å². The molecular formula is C16H17N5O2S. The largest absolute Gasteiger partial charge is 0.376 e. The first-order valence-corrected chi connectivity index (χ1v) is 8.90. The van der Waals surface area contributed by atoms with Crippen molar-refractivity contribution in [2.24, 2.45) is 0 Å². The third-order valence-corrected chi connectivity index (χ3v) is 5.08. The van der Waals surface area contributed by atoms with E-state index in [9.17, 15) is 4.79 Å². The molecular weight excluding hydrogens is 326 g/mol. The number of carbonyl (C=O) groups excluding carboxylic acids is 1. The van der Waals surface area contributed by atoms with E-state index in [1.165, 1.54) is 11.8 Å². The Morgan fingerprint density at radius 3 is 3.21 bits per heavy atom. The third kappa shape index (κ3) is 3.07. The molecule has 3 aromatic rings. The topological polar surface area (TPSA) is 85.7 Å². The number of hydrogen-bond donors (Lipinski definition) is 1. The summed E-state index contributed by atoms with van der Waals surface area (Å²) in [7, 11) is 0. The fourth-order valence-electron chi connectivity index (χ4n) is 2.91. The van der Waals surface area contributed by atoms with Gasteiger partial charge in [0.15, 0.2) is 5.78 Å². The van der Waals surface area contributed by atoms with Gasteiger partial charge in [-0.2, -0.15) is 0 Å². The number of Topliss-reactive ketones (excluding diaryl/α,β-unsaturated/α-hetero) is 1. The minimum Gasteiger partial charge on any atom is -0.376 e. The monoisotopic (exact) mass is 343 g/mol. The van der Waals surface area contributed by atoms with Crippen molar-refractivity contribution in [1.82, 2.24) is 25.2 Å². The van der Waals surface area contributed by atoms with Crippen LogP contribution in [0.15, 0.2) is 35.6 Å². The van der Waals surface area contributed by atoms with Crippen molar-refractivity contribution < 1.29 is 9.53 Å². The number of para-hydroxylation sites is 1. The van der Waals surface area contributed by atoms with E-state index in [1.807, 2.05) is 24.3 Å². The number of benzene rings is 1. The van der Waals surface area contributed by atoms with E-state index >= 15 is 0 Å². The molecule has 4 rings (SSSR count). The highest BCUT2D eigenvalue weighted by Gasteiger charge is 2.20. The van der Waals surface area contributed by atoms with E-state index in [0.717, 1.165) is 30.4 Å². The van der Waals surface area contributed by atoms with Crippen LogP contribution in [0.5, 0.6) is 0 Å². The van der Waals surface area contributed by atoms with E-state index in [-0.39, 0.29) is 11.9 Å². The van der Waals surface area contributed by atoms with E-state index in [1.54, 1.807) is 10.9 Å². The van der Waals surface area contributed by atoms with Crippen LogP contribution in [0.1, 0.15) is 23.2 Å². The number of aromatic amines is 1. The predicted octanol–water partition coefficient (Wildman–Crippen LogP) is 2.31. The van der Waals surface area contributed by atoms with E-state index in [0.29, 0.717) is 23.0 Å². The van der Waals surface area contributed by atoms with Gasteiger partial charge in [0.05, 0.1) is 18.4 Å². The molecule has 0 radical (unpaired) electrons. The third-order valence-electron chi connectivity index (χ3n) is 4.12. The maximum Gasteiger partial charge on any atom is 0.209 e. The summed E-state index contributed by atoms with van der Waals surface area (Å²) < 4.78 is 7.34. The minimum atomic E-state index is 0.0594. The van der Waals surface area contributed by atoms with Crippen molar-refractivity contribution in [1.29, 1.82) is 0 Å². The number of thioether (sulfide) groups is 1. The van der Waals surface area contributed by atoms with Crippen LogP contribution in [-0.2, 0) is 11.3 Å². The SMILES string of the molecule is O=C(CSc1nnnn1CC1CCCO1)c1c[nH]c2ccccc12. The average Bonchev–Trinajstić information content (AvgIpc) is 3.34. The summed E-state index contributed by atoms with van der Waals surface area (Å²) in [6, 6.07) is 7.79. The van der Waals surface area contributed by atoms with Crippen LogP contribution in [0.25, 0.3) is 10.9 Å². The van der Waals surface area contributed by atoms with Crippen LogP contribution in [0.3, 0.4) is 0 Å². The molecule has 2 aromatic heterocycles. The Morgan fingerprint density at radius 2 is 2.33 bits per heavy atom. The molecule has 1 unspecified atom stereocenters. The van der Waals surface area contributed by atoms with Gasteiger partial charge in [0.2, 0.25) is 5.16 Å². The summed E-state index contributed by atoms with van der Waals surface area (Å²) in [5.74, 6) is 0.359. The van der Waals surface area contributed by atoms with Crippen molar-refractivity contribution in [3.8, 4) is 0 Å². The van der Waals surface area contributed by atoms with Gasteiger partial charge < -0.3 is 9.72 Å². The number of aromatic nitrogens is 5. The van der Waals surface area contributed by atoms with Crippen molar-refractivity contribution >= 4 is 28.4 Å². The molecule has 1 fully saturated rings. The molecule has 1 saturated heterocycles. The van der Waals surface area contributed by atoms with Crippen LogP contribution in [0, 0.1) is 0 Å². The molecule has 1 aliphatic heterocycles. The van der Waals surface area contributed by atoms with Crippen molar-refractivity contribution in [3.05, 3.63) is 36.0 Å². The molecule has 0 saturated carbocycles. The van der Waals surface area contributed by atoms with Gasteiger partial charge in [-0.05, 0) is 29.3 Å². The van der Waals surface area contributed by atoms with Gasteiger partial charge in [-0.25, -0.2) is 4.68 Å². The van der Waals surface area contributed by atoms with Gasteiger partial charge in [0.1, 0.15) is 0 Å². The smallest absolute Gasteiger partial charge is 0.209 e. The number of carbonyl (C=O) groups is 1. The Hall–Kier alpha value is -2.19. The van der Waals surface area contributed by atoms with Gasteiger partial charge in [-0.15, -0.1) is 5.10 Å². The zero-order valence-corrected chi connectivity index (χ0v) is 13.8. The molecule has 1 aromatic carbocycles. The van der Waals surface area contributed by atoms with Gasteiger partial charge >= 0.3 is 0 Å². The van der Waals surface area contributed by atoms with Gasteiger partial charge in [-0.1, -0.05) is 30.0 Å². The second-order valence-electron chi connectivity index (χ2n) is 5.74. The second-order valence-corrected chi connectivity index (χ2v) is 6.68. The molecule has 1 N–H and O–H groups in total. The summed E-state index contributed by atoms with van der Waals surface area (Å²) in [6.45, 7) is 1.44. The number of nitrogens with zero attached hydrogens (tertiary/aromatic N) is 4. The highest BCUT2D eigenvalue weighted by Crippen LogP contribution is 2.22. The molecule has 8 heteroatoms. The summed E-state index contributed by atoms with van der Waals surface area (Å²) in [6.07, 6.45) is 4.03. The molecule has 0 spiro atoms. The van der Waals surface area contributed by atoms with E-state index in [4.69, 9.17) is 4.74 Å². The molecule has 124 valence electrons. The zero-order chi connectivity index (χ0) is 16.4. The molecule has 24 heavy (non-hydrogen) atoms. The maximum absolute atomic E-state index is 12.5. The number of rotatable bonds is 6. The molecule has 0 aliphatic carbocycles. The summed E-state index contributed by atoms with van der Waals surface area (Å²) in [4.78, 5) is 15.7. The van der Waals surface area contributed by atoms with Gasteiger partial charge in [-0.3, -0.25) is 4.79 Å². The lowest BCUT2D eigenvalue weighted by Crippen LogP contribution is -2.17. The van der Waals surface area contributed by atoms with Crippen LogP contribution in [0.4, 0.5) is 0 Å². The maximum atomic E-state index is 12.5. The van der Waals surface area contributed by atoms with Gasteiger partial charge in [0, 0.05) is 29.3 Å². The van der Waals surface area contributed by atoms with Crippen LogP contribution in [-0.4, -0.2) is 49.4 Å². The highest BCUT2D eigenvalue weighted by atomic mass is 32.2. The quantitative estimate of drug-likeness (QED) is 0.546. The number of H-pyrrole nitrogens is 1.